The van der Waals surface area contributed by atoms with Crippen molar-refractivity contribution in [3.8, 4) is 0 Å². The van der Waals surface area contributed by atoms with E-state index in [0.29, 0.717) is 41.1 Å². The Balaban J connectivity index is 1.53. The van der Waals surface area contributed by atoms with Crippen LogP contribution in [-0.4, -0.2) is 33.9 Å². The van der Waals surface area contributed by atoms with Crippen LogP contribution < -0.4 is 16.0 Å². The molecule has 0 aliphatic heterocycles. The third kappa shape index (κ3) is 5.65. The second-order valence-corrected chi connectivity index (χ2v) is 6.66. The van der Waals surface area contributed by atoms with E-state index in [4.69, 9.17) is 11.6 Å². The van der Waals surface area contributed by atoms with Crippen LogP contribution in [0.5, 0.6) is 0 Å². The number of amides is 1. The number of carbonyl (C=O) groups excluding carboxylic acids is 1. The molecule has 1 aromatic carbocycles. The standard InChI is InChI=1S/C20H21ClN6O/c1-13-7-8-22-17(11-13)27-19-12-18(25-14(2)26-19)23-9-10-24-20(28)15-3-5-16(21)6-4-15/h3-8,11-12H,9-10H2,1-2H3,(H,24,28)(H2,22,23,25,26,27). The van der Waals surface area contributed by atoms with E-state index in [1.165, 1.54) is 0 Å². The lowest BCUT2D eigenvalue weighted by Crippen LogP contribution is -2.28. The van der Waals surface area contributed by atoms with Crippen molar-refractivity contribution in [3.05, 3.63) is 70.6 Å². The summed E-state index contributed by atoms with van der Waals surface area (Å²) < 4.78 is 0. The molecular formula is C20H21ClN6O. The second-order valence-electron chi connectivity index (χ2n) is 6.22. The predicted octanol–water partition coefficient (Wildman–Crippen LogP) is 3.73. The fourth-order valence-corrected chi connectivity index (χ4v) is 2.65. The van der Waals surface area contributed by atoms with E-state index in [1.807, 2.05) is 26.0 Å². The van der Waals surface area contributed by atoms with Gasteiger partial charge in [0.1, 0.15) is 23.3 Å². The van der Waals surface area contributed by atoms with Crippen LogP contribution in [0.15, 0.2) is 48.7 Å². The van der Waals surface area contributed by atoms with Crippen molar-refractivity contribution in [1.82, 2.24) is 20.3 Å². The first kappa shape index (κ1) is 19.6. The van der Waals surface area contributed by atoms with Gasteiger partial charge >= 0.3 is 0 Å². The number of aromatic nitrogens is 3. The molecule has 0 aliphatic carbocycles. The Hall–Kier alpha value is -3.19. The van der Waals surface area contributed by atoms with Gasteiger partial charge in [-0.1, -0.05) is 11.6 Å². The highest BCUT2D eigenvalue weighted by Gasteiger charge is 2.06. The number of aryl methyl sites for hydroxylation is 2. The number of halogens is 1. The van der Waals surface area contributed by atoms with Crippen LogP contribution in [0.1, 0.15) is 21.7 Å². The van der Waals surface area contributed by atoms with Crippen molar-refractivity contribution in [2.24, 2.45) is 0 Å². The van der Waals surface area contributed by atoms with Crippen LogP contribution in [0.25, 0.3) is 0 Å². The fraction of sp³-hybridized carbons (Fsp3) is 0.200. The minimum Gasteiger partial charge on any atom is -0.368 e. The summed E-state index contributed by atoms with van der Waals surface area (Å²) in [4.78, 5) is 25.1. The third-order valence-corrected chi connectivity index (χ3v) is 4.08. The Morgan fingerprint density at radius 3 is 2.46 bits per heavy atom. The van der Waals surface area contributed by atoms with Gasteiger partial charge in [0.05, 0.1) is 0 Å². The van der Waals surface area contributed by atoms with E-state index in [1.54, 1.807) is 36.5 Å². The Morgan fingerprint density at radius 1 is 0.964 bits per heavy atom. The van der Waals surface area contributed by atoms with Crippen LogP contribution in [0.3, 0.4) is 0 Å². The molecule has 0 radical (unpaired) electrons. The number of hydrogen-bond acceptors (Lipinski definition) is 6. The summed E-state index contributed by atoms with van der Waals surface area (Å²) in [5, 5.41) is 9.82. The molecule has 0 saturated heterocycles. The Bertz CT molecular complexity index is 961. The molecule has 3 aromatic rings. The van der Waals surface area contributed by atoms with Gasteiger partial charge in [0.15, 0.2) is 0 Å². The number of nitrogens with zero attached hydrogens (tertiary/aromatic N) is 3. The molecule has 0 unspecified atom stereocenters. The molecular weight excluding hydrogens is 376 g/mol. The van der Waals surface area contributed by atoms with E-state index in [0.717, 1.165) is 11.4 Å². The second kappa shape index (κ2) is 9.14. The summed E-state index contributed by atoms with van der Waals surface area (Å²) >= 11 is 5.83. The van der Waals surface area contributed by atoms with Gasteiger partial charge in [-0.25, -0.2) is 15.0 Å². The Labute approximate surface area is 168 Å². The lowest BCUT2D eigenvalue weighted by Gasteiger charge is -2.11. The number of pyridine rings is 1. The zero-order chi connectivity index (χ0) is 19.9. The quantitative estimate of drug-likeness (QED) is 0.527. The van der Waals surface area contributed by atoms with Gasteiger partial charge in [-0.3, -0.25) is 4.79 Å². The monoisotopic (exact) mass is 396 g/mol. The highest BCUT2D eigenvalue weighted by atomic mass is 35.5. The number of carbonyl (C=O) groups is 1. The average molecular weight is 397 g/mol. The molecule has 3 N–H and O–H groups in total. The molecule has 0 atom stereocenters. The molecule has 144 valence electrons. The highest BCUT2D eigenvalue weighted by Crippen LogP contribution is 2.16. The van der Waals surface area contributed by atoms with Crippen LogP contribution in [0.4, 0.5) is 17.5 Å². The predicted molar refractivity (Wildman–Crippen MR) is 111 cm³/mol. The number of nitrogens with one attached hydrogen (secondary N) is 3. The maximum Gasteiger partial charge on any atom is 0.251 e. The van der Waals surface area contributed by atoms with Crippen molar-refractivity contribution in [2.75, 3.05) is 23.7 Å². The molecule has 8 heteroatoms. The largest absolute Gasteiger partial charge is 0.368 e. The van der Waals surface area contributed by atoms with Gasteiger partial charge in [-0.2, -0.15) is 0 Å². The first-order valence-electron chi connectivity index (χ1n) is 8.82. The van der Waals surface area contributed by atoms with Crippen LogP contribution in [0.2, 0.25) is 5.02 Å². The molecule has 0 aliphatic rings. The minimum absolute atomic E-state index is 0.148. The minimum atomic E-state index is -0.148. The molecule has 0 saturated carbocycles. The smallest absolute Gasteiger partial charge is 0.251 e. The molecule has 1 amide bonds. The number of hydrogen-bond donors (Lipinski definition) is 3. The molecule has 28 heavy (non-hydrogen) atoms. The maximum absolute atomic E-state index is 12.1. The van der Waals surface area contributed by atoms with Gasteiger partial charge in [0, 0.05) is 35.9 Å². The van der Waals surface area contributed by atoms with Crippen molar-refractivity contribution in [1.29, 1.82) is 0 Å². The van der Waals surface area contributed by atoms with Crippen LogP contribution in [0, 0.1) is 13.8 Å². The molecule has 7 nitrogen and oxygen atoms in total. The van der Waals surface area contributed by atoms with E-state index in [9.17, 15) is 4.79 Å². The summed E-state index contributed by atoms with van der Waals surface area (Å²) in [5.41, 5.74) is 1.68. The topological polar surface area (TPSA) is 91.8 Å². The summed E-state index contributed by atoms with van der Waals surface area (Å²) in [6.45, 7) is 4.80. The van der Waals surface area contributed by atoms with Crippen molar-refractivity contribution < 1.29 is 4.79 Å². The third-order valence-electron chi connectivity index (χ3n) is 3.83. The number of rotatable bonds is 7. The van der Waals surface area contributed by atoms with E-state index in [2.05, 4.69) is 30.9 Å². The van der Waals surface area contributed by atoms with E-state index >= 15 is 0 Å². The van der Waals surface area contributed by atoms with Crippen molar-refractivity contribution in [2.45, 2.75) is 13.8 Å². The first-order chi connectivity index (χ1) is 13.5. The van der Waals surface area contributed by atoms with E-state index < -0.39 is 0 Å². The molecule has 0 spiro atoms. The lowest BCUT2D eigenvalue weighted by atomic mass is 10.2. The Morgan fingerprint density at radius 2 is 1.71 bits per heavy atom. The van der Waals surface area contributed by atoms with Gasteiger partial charge in [0.2, 0.25) is 0 Å². The van der Waals surface area contributed by atoms with Gasteiger partial charge < -0.3 is 16.0 Å². The average Bonchev–Trinajstić information content (AvgIpc) is 2.65. The molecule has 2 heterocycles. The maximum atomic E-state index is 12.1. The SMILES string of the molecule is Cc1ccnc(Nc2cc(NCCNC(=O)c3ccc(Cl)cc3)nc(C)n2)c1. The van der Waals surface area contributed by atoms with Crippen LogP contribution >= 0.6 is 11.6 Å². The molecule has 0 bridgehead atoms. The zero-order valence-electron chi connectivity index (χ0n) is 15.7. The highest BCUT2D eigenvalue weighted by molar-refractivity contribution is 6.30. The first-order valence-corrected chi connectivity index (χ1v) is 9.20. The van der Waals surface area contributed by atoms with E-state index in [-0.39, 0.29) is 5.91 Å². The van der Waals surface area contributed by atoms with Crippen molar-refractivity contribution >= 4 is 35.0 Å². The van der Waals surface area contributed by atoms with Crippen molar-refractivity contribution in [3.63, 3.8) is 0 Å². The normalized spacial score (nSPS) is 10.4. The molecule has 0 fully saturated rings. The lowest BCUT2D eigenvalue weighted by molar-refractivity contribution is 0.0955. The summed E-state index contributed by atoms with van der Waals surface area (Å²) in [6.07, 6.45) is 1.74. The zero-order valence-corrected chi connectivity index (χ0v) is 16.4. The van der Waals surface area contributed by atoms with Gasteiger partial charge in [0.25, 0.3) is 5.91 Å². The molecule has 2 aromatic heterocycles. The van der Waals surface area contributed by atoms with Gasteiger partial charge in [-0.15, -0.1) is 0 Å². The molecule has 3 rings (SSSR count). The van der Waals surface area contributed by atoms with Crippen LogP contribution in [-0.2, 0) is 0 Å². The summed E-state index contributed by atoms with van der Waals surface area (Å²) in [6, 6.07) is 12.4. The van der Waals surface area contributed by atoms with Gasteiger partial charge in [-0.05, 0) is 55.8 Å². The summed E-state index contributed by atoms with van der Waals surface area (Å²) in [7, 11) is 0. The summed E-state index contributed by atoms with van der Waals surface area (Å²) in [5.74, 6) is 2.52. The fourth-order valence-electron chi connectivity index (χ4n) is 2.53. The number of benzene rings is 1. The Kier molecular flexibility index (Phi) is 6.39. The number of anilines is 3.